The number of benzene rings is 1. The van der Waals surface area contributed by atoms with E-state index in [1.165, 1.54) is 13.4 Å². The van der Waals surface area contributed by atoms with E-state index in [-0.39, 0.29) is 12.1 Å². The Kier molecular flexibility index (Phi) is 5.22. The highest BCUT2D eigenvalue weighted by atomic mass is 16.5. The number of carbonyl (C=O) groups is 1. The van der Waals surface area contributed by atoms with Crippen molar-refractivity contribution < 1.29 is 14.3 Å². The summed E-state index contributed by atoms with van der Waals surface area (Å²) in [5, 5.41) is 6.42. The van der Waals surface area contributed by atoms with Crippen LogP contribution in [0.2, 0.25) is 0 Å². The Balaban J connectivity index is 1.64. The van der Waals surface area contributed by atoms with Gasteiger partial charge in [-0.25, -0.2) is 14.8 Å². The largest absolute Gasteiger partial charge is 0.465 e. The smallest absolute Gasteiger partial charge is 0.337 e. The monoisotopic (exact) mass is 328 g/mol. The van der Waals surface area contributed by atoms with Crippen molar-refractivity contribution in [2.75, 3.05) is 30.9 Å². The van der Waals surface area contributed by atoms with Crippen LogP contribution in [-0.2, 0) is 9.47 Å². The minimum absolute atomic E-state index is 0.244. The van der Waals surface area contributed by atoms with Gasteiger partial charge in [0.2, 0.25) is 0 Å². The number of carbonyl (C=O) groups excluding carboxylic acids is 1. The van der Waals surface area contributed by atoms with Crippen molar-refractivity contribution in [1.29, 1.82) is 0 Å². The second-order valence-electron chi connectivity index (χ2n) is 5.50. The molecule has 0 bridgehead atoms. The van der Waals surface area contributed by atoms with E-state index in [9.17, 15) is 4.79 Å². The van der Waals surface area contributed by atoms with E-state index < -0.39 is 0 Å². The SMILES string of the molecule is COC(=O)c1cccc(Nc2cc(NCC3CCCO3)ncn2)c1. The number of methoxy groups -OCH3 is 1. The number of nitrogens with zero attached hydrogens (tertiary/aromatic N) is 2. The fourth-order valence-corrected chi connectivity index (χ4v) is 2.54. The van der Waals surface area contributed by atoms with E-state index in [4.69, 9.17) is 9.47 Å². The van der Waals surface area contributed by atoms with Gasteiger partial charge in [0.1, 0.15) is 18.0 Å². The van der Waals surface area contributed by atoms with E-state index in [1.54, 1.807) is 18.2 Å². The molecule has 0 aliphatic carbocycles. The molecule has 1 saturated heterocycles. The van der Waals surface area contributed by atoms with Gasteiger partial charge >= 0.3 is 5.97 Å². The quantitative estimate of drug-likeness (QED) is 0.788. The molecule has 126 valence electrons. The highest BCUT2D eigenvalue weighted by Gasteiger charge is 2.15. The van der Waals surface area contributed by atoms with Crippen LogP contribution in [0.5, 0.6) is 0 Å². The molecule has 1 aromatic carbocycles. The third-order valence-corrected chi connectivity index (χ3v) is 3.76. The molecular weight excluding hydrogens is 308 g/mol. The molecule has 7 heteroatoms. The number of hydrogen-bond acceptors (Lipinski definition) is 7. The average molecular weight is 328 g/mol. The zero-order chi connectivity index (χ0) is 16.8. The fourth-order valence-electron chi connectivity index (χ4n) is 2.54. The molecule has 2 aromatic rings. The van der Waals surface area contributed by atoms with Gasteiger partial charge in [-0.05, 0) is 31.0 Å². The molecule has 7 nitrogen and oxygen atoms in total. The van der Waals surface area contributed by atoms with Crippen LogP contribution < -0.4 is 10.6 Å². The van der Waals surface area contributed by atoms with Crippen LogP contribution in [0.15, 0.2) is 36.7 Å². The molecule has 1 fully saturated rings. The predicted octanol–water partition coefficient (Wildman–Crippen LogP) is 2.60. The van der Waals surface area contributed by atoms with Crippen LogP contribution in [0.4, 0.5) is 17.3 Å². The number of anilines is 3. The molecule has 1 aliphatic heterocycles. The molecule has 1 aliphatic rings. The maximum atomic E-state index is 11.6. The molecule has 1 aromatic heterocycles. The number of hydrogen-bond donors (Lipinski definition) is 2. The van der Waals surface area contributed by atoms with E-state index in [0.717, 1.165) is 37.5 Å². The normalized spacial score (nSPS) is 16.6. The molecule has 1 atom stereocenters. The summed E-state index contributed by atoms with van der Waals surface area (Å²) in [5.41, 5.74) is 1.23. The Bertz CT molecular complexity index is 702. The van der Waals surface area contributed by atoms with Gasteiger partial charge < -0.3 is 20.1 Å². The summed E-state index contributed by atoms with van der Waals surface area (Å²) in [5.74, 6) is 0.995. The van der Waals surface area contributed by atoms with Gasteiger partial charge in [-0.15, -0.1) is 0 Å². The molecule has 0 spiro atoms. The van der Waals surface area contributed by atoms with Gasteiger partial charge in [0.05, 0.1) is 18.8 Å². The maximum absolute atomic E-state index is 11.6. The summed E-state index contributed by atoms with van der Waals surface area (Å²) >= 11 is 0. The van der Waals surface area contributed by atoms with Crippen LogP contribution in [0, 0.1) is 0 Å². The lowest BCUT2D eigenvalue weighted by Gasteiger charge is -2.12. The molecule has 2 heterocycles. The predicted molar refractivity (Wildman–Crippen MR) is 90.6 cm³/mol. The third-order valence-electron chi connectivity index (χ3n) is 3.76. The summed E-state index contributed by atoms with van der Waals surface area (Å²) < 4.78 is 10.3. The summed E-state index contributed by atoms with van der Waals surface area (Å²) in [4.78, 5) is 20.0. The Morgan fingerprint density at radius 1 is 1.33 bits per heavy atom. The summed E-state index contributed by atoms with van der Waals surface area (Å²) in [6, 6.07) is 8.87. The van der Waals surface area contributed by atoms with Crippen molar-refractivity contribution in [3.63, 3.8) is 0 Å². The van der Waals surface area contributed by atoms with Gasteiger partial charge in [0.25, 0.3) is 0 Å². The van der Waals surface area contributed by atoms with Gasteiger partial charge in [-0.2, -0.15) is 0 Å². The van der Waals surface area contributed by atoms with Crippen molar-refractivity contribution in [3.05, 3.63) is 42.2 Å². The zero-order valence-electron chi connectivity index (χ0n) is 13.5. The van der Waals surface area contributed by atoms with Gasteiger partial charge in [0, 0.05) is 24.9 Å². The number of esters is 1. The molecule has 2 N–H and O–H groups in total. The van der Waals surface area contributed by atoms with Crippen molar-refractivity contribution in [1.82, 2.24) is 9.97 Å². The number of ether oxygens (including phenoxy) is 2. The van der Waals surface area contributed by atoms with E-state index in [2.05, 4.69) is 20.6 Å². The van der Waals surface area contributed by atoms with Gasteiger partial charge in [-0.3, -0.25) is 0 Å². The molecule has 0 radical (unpaired) electrons. The standard InChI is InChI=1S/C17H20N4O3/c1-23-17(22)12-4-2-5-13(8-12)21-16-9-15(19-11-20-16)18-10-14-6-3-7-24-14/h2,4-5,8-9,11,14H,3,6-7,10H2,1H3,(H2,18,19,20,21). The highest BCUT2D eigenvalue weighted by Crippen LogP contribution is 2.19. The third kappa shape index (κ3) is 4.20. The highest BCUT2D eigenvalue weighted by molar-refractivity contribution is 5.90. The molecule has 24 heavy (non-hydrogen) atoms. The minimum atomic E-state index is -0.375. The van der Waals surface area contributed by atoms with Crippen molar-refractivity contribution >= 4 is 23.3 Å². The maximum Gasteiger partial charge on any atom is 0.337 e. The lowest BCUT2D eigenvalue weighted by molar-refractivity contribution is 0.0601. The van der Waals surface area contributed by atoms with Crippen LogP contribution in [0.25, 0.3) is 0 Å². The first-order valence-electron chi connectivity index (χ1n) is 7.87. The second kappa shape index (κ2) is 7.74. The average Bonchev–Trinajstić information content (AvgIpc) is 3.13. The Labute approximate surface area is 140 Å². The minimum Gasteiger partial charge on any atom is -0.465 e. The van der Waals surface area contributed by atoms with Crippen LogP contribution in [0.3, 0.4) is 0 Å². The summed E-state index contributed by atoms with van der Waals surface area (Å²) in [6.45, 7) is 1.56. The Morgan fingerprint density at radius 3 is 3.00 bits per heavy atom. The summed E-state index contributed by atoms with van der Waals surface area (Å²) in [6.07, 6.45) is 3.92. The lowest BCUT2D eigenvalue weighted by Crippen LogP contribution is -2.19. The second-order valence-corrected chi connectivity index (χ2v) is 5.50. The van der Waals surface area contributed by atoms with Crippen LogP contribution >= 0.6 is 0 Å². The van der Waals surface area contributed by atoms with E-state index >= 15 is 0 Å². The Morgan fingerprint density at radius 2 is 2.21 bits per heavy atom. The lowest BCUT2D eigenvalue weighted by atomic mass is 10.2. The molecule has 3 rings (SSSR count). The van der Waals surface area contributed by atoms with E-state index in [1.807, 2.05) is 12.1 Å². The van der Waals surface area contributed by atoms with Crippen LogP contribution in [-0.4, -0.2) is 42.3 Å². The van der Waals surface area contributed by atoms with Crippen LogP contribution in [0.1, 0.15) is 23.2 Å². The number of rotatable bonds is 6. The summed E-state index contributed by atoms with van der Waals surface area (Å²) in [7, 11) is 1.36. The van der Waals surface area contributed by atoms with E-state index in [0.29, 0.717) is 11.4 Å². The molecular formula is C17H20N4O3. The first-order chi connectivity index (χ1) is 11.7. The number of aromatic nitrogens is 2. The van der Waals surface area contributed by atoms with Crippen molar-refractivity contribution in [2.45, 2.75) is 18.9 Å². The fraction of sp³-hybridized carbons (Fsp3) is 0.353. The topological polar surface area (TPSA) is 85.4 Å². The number of nitrogens with one attached hydrogen (secondary N) is 2. The molecule has 1 unspecified atom stereocenters. The zero-order valence-corrected chi connectivity index (χ0v) is 13.5. The molecule has 0 saturated carbocycles. The van der Waals surface area contributed by atoms with Gasteiger partial charge in [0.15, 0.2) is 0 Å². The molecule has 0 amide bonds. The Hall–Kier alpha value is -2.67. The van der Waals surface area contributed by atoms with Crippen molar-refractivity contribution in [2.24, 2.45) is 0 Å². The first-order valence-corrected chi connectivity index (χ1v) is 7.87. The van der Waals surface area contributed by atoms with Crippen molar-refractivity contribution in [3.8, 4) is 0 Å². The first kappa shape index (κ1) is 16.2. The van der Waals surface area contributed by atoms with Gasteiger partial charge in [-0.1, -0.05) is 6.07 Å².